The molecule has 0 atom stereocenters. The molecule has 0 aliphatic carbocycles. The van der Waals surface area contributed by atoms with Gasteiger partial charge in [0, 0.05) is 26.1 Å². The van der Waals surface area contributed by atoms with Crippen LogP contribution in [-0.4, -0.2) is 62.1 Å². The van der Waals surface area contributed by atoms with Gasteiger partial charge in [-0.15, -0.1) is 0 Å². The Morgan fingerprint density at radius 2 is 1.78 bits per heavy atom. The second-order valence-electron chi connectivity index (χ2n) is 6.57. The quantitative estimate of drug-likeness (QED) is 0.347. The number of nitrogens with zero attached hydrogens (tertiary/aromatic N) is 1. The summed E-state index contributed by atoms with van der Waals surface area (Å²) in [5.74, 6) is 0.603. The number of rotatable bonds is 15. The van der Waals surface area contributed by atoms with Gasteiger partial charge in [0.25, 0.3) is 10.1 Å². The maximum atomic E-state index is 10.9. The minimum Gasteiger partial charge on any atom is -0.315 e. The molecule has 0 aromatic carbocycles. The van der Waals surface area contributed by atoms with Crippen molar-refractivity contribution < 1.29 is 17.8 Å². The molecule has 0 spiro atoms. The molecule has 0 heterocycles. The average molecular weight is 351 g/mol. The van der Waals surface area contributed by atoms with E-state index in [9.17, 15) is 13.2 Å². The summed E-state index contributed by atoms with van der Waals surface area (Å²) in [4.78, 5) is 12.9. The van der Waals surface area contributed by atoms with Crippen LogP contribution in [0.15, 0.2) is 0 Å². The van der Waals surface area contributed by atoms with Crippen LogP contribution in [0.2, 0.25) is 0 Å². The topological polar surface area (TPSA) is 86.7 Å². The van der Waals surface area contributed by atoms with Crippen molar-refractivity contribution in [2.45, 2.75) is 52.9 Å². The summed E-state index contributed by atoms with van der Waals surface area (Å²) in [6.45, 7) is 9.59. The zero-order valence-electron chi connectivity index (χ0n) is 14.9. The zero-order valence-corrected chi connectivity index (χ0v) is 15.7. The maximum absolute atomic E-state index is 10.9. The fraction of sp³-hybridized carbons (Fsp3) is 0.938. The largest absolute Gasteiger partial charge is 0.315 e. The number of nitrogens with one attached hydrogen (secondary N) is 1. The first-order valence-electron chi connectivity index (χ1n) is 8.58. The van der Waals surface area contributed by atoms with E-state index >= 15 is 0 Å². The van der Waals surface area contributed by atoms with Gasteiger partial charge in [0.15, 0.2) is 0 Å². The molecule has 0 saturated heterocycles. The van der Waals surface area contributed by atoms with Crippen LogP contribution in [0.25, 0.3) is 0 Å². The molecule has 0 aliphatic rings. The maximum Gasteiger partial charge on any atom is 0.266 e. The zero-order chi connectivity index (χ0) is 17.7. The molecule has 0 fully saturated rings. The number of hydrogen-bond donors (Lipinski definition) is 2. The fourth-order valence-electron chi connectivity index (χ4n) is 2.18. The SMILES string of the molecule is CC(=O)CCCCCNCCN(CCC(C)C)CCS(=O)(=O)O. The Hall–Kier alpha value is -0.500. The van der Waals surface area contributed by atoms with Gasteiger partial charge in [-0.3, -0.25) is 4.55 Å². The van der Waals surface area contributed by atoms with Gasteiger partial charge >= 0.3 is 0 Å². The molecule has 0 bridgehead atoms. The lowest BCUT2D eigenvalue weighted by molar-refractivity contribution is -0.117. The van der Waals surface area contributed by atoms with Crippen molar-refractivity contribution in [2.75, 3.05) is 38.5 Å². The molecule has 6 nitrogen and oxygen atoms in total. The Labute approximate surface area is 141 Å². The molecule has 2 N–H and O–H groups in total. The molecule has 0 unspecified atom stereocenters. The van der Waals surface area contributed by atoms with Gasteiger partial charge in [-0.25, -0.2) is 0 Å². The molecule has 7 heteroatoms. The lowest BCUT2D eigenvalue weighted by atomic mass is 10.1. The highest BCUT2D eigenvalue weighted by Crippen LogP contribution is 2.03. The first-order chi connectivity index (χ1) is 10.7. The molecule has 0 saturated carbocycles. The Morgan fingerprint density at radius 3 is 2.35 bits per heavy atom. The van der Waals surface area contributed by atoms with Crippen LogP contribution in [0.5, 0.6) is 0 Å². The lowest BCUT2D eigenvalue weighted by Crippen LogP contribution is -2.36. The minimum atomic E-state index is -3.90. The van der Waals surface area contributed by atoms with Crippen LogP contribution in [0.1, 0.15) is 52.9 Å². The highest BCUT2D eigenvalue weighted by molar-refractivity contribution is 7.85. The first-order valence-corrected chi connectivity index (χ1v) is 10.2. The van der Waals surface area contributed by atoms with Crippen molar-refractivity contribution in [3.05, 3.63) is 0 Å². The van der Waals surface area contributed by atoms with Crippen molar-refractivity contribution in [1.82, 2.24) is 10.2 Å². The van der Waals surface area contributed by atoms with Crippen molar-refractivity contribution in [3.8, 4) is 0 Å². The van der Waals surface area contributed by atoms with Crippen LogP contribution in [0.4, 0.5) is 0 Å². The molecular formula is C16H34N2O4S. The Bertz CT molecular complexity index is 410. The van der Waals surface area contributed by atoms with Crippen molar-refractivity contribution in [3.63, 3.8) is 0 Å². The van der Waals surface area contributed by atoms with Crippen molar-refractivity contribution >= 4 is 15.9 Å². The van der Waals surface area contributed by atoms with Crippen LogP contribution < -0.4 is 5.32 Å². The number of carbonyl (C=O) groups is 1. The fourth-order valence-corrected chi connectivity index (χ4v) is 2.67. The molecule has 138 valence electrons. The van der Waals surface area contributed by atoms with Gasteiger partial charge in [-0.1, -0.05) is 20.3 Å². The van der Waals surface area contributed by atoms with E-state index in [-0.39, 0.29) is 11.5 Å². The van der Waals surface area contributed by atoms with Gasteiger partial charge in [0.05, 0.1) is 5.75 Å². The smallest absolute Gasteiger partial charge is 0.266 e. The minimum absolute atomic E-state index is 0.212. The molecule has 0 amide bonds. The Kier molecular flexibility index (Phi) is 12.6. The second-order valence-corrected chi connectivity index (χ2v) is 8.14. The number of Topliss-reactive ketones (excluding diaryl/α,β-unsaturated/α-hetero) is 1. The molecule has 0 radical (unpaired) electrons. The molecular weight excluding hydrogens is 316 g/mol. The van der Waals surface area contributed by atoms with E-state index < -0.39 is 10.1 Å². The summed E-state index contributed by atoms with van der Waals surface area (Å²) in [6.07, 6.45) is 4.72. The standard InChI is InChI=1S/C16H34N2O4S/c1-15(2)8-11-18(13-14-23(20,21)22)12-10-17-9-6-4-5-7-16(3)19/h15,17H,4-14H2,1-3H3,(H,20,21,22). The van der Waals surface area contributed by atoms with Crippen LogP contribution >= 0.6 is 0 Å². The monoisotopic (exact) mass is 350 g/mol. The second kappa shape index (κ2) is 12.9. The average Bonchev–Trinajstić information content (AvgIpc) is 2.42. The summed E-state index contributed by atoms with van der Waals surface area (Å²) < 4.78 is 30.7. The summed E-state index contributed by atoms with van der Waals surface area (Å²) in [6, 6.07) is 0. The van der Waals surface area contributed by atoms with Gasteiger partial charge < -0.3 is 15.0 Å². The van der Waals surface area contributed by atoms with Gasteiger partial charge in [-0.05, 0) is 45.2 Å². The third kappa shape index (κ3) is 17.7. The van der Waals surface area contributed by atoms with E-state index in [1.807, 2.05) is 0 Å². The number of carbonyl (C=O) groups excluding carboxylic acids is 1. The number of unbranched alkanes of at least 4 members (excludes halogenated alkanes) is 2. The Balaban J connectivity index is 3.83. The molecule has 0 rings (SSSR count). The molecule has 0 aromatic rings. The van der Waals surface area contributed by atoms with Crippen LogP contribution in [-0.2, 0) is 14.9 Å². The normalized spacial score (nSPS) is 12.3. The van der Waals surface area contributed by atoms with Gasteiger partial charge in [0.1, 0.15) is 5.78 Å². The molecule has 0 aliphatic heterocycles. The Morgan fingerprint density at radius 1 is 1.09 bits per heavy atom. The summed E-state index contributed by atoms with van der Waals surface area (Å²) >= 11 is 0. The summed E-state index contributed by atoms with van der Waals surface area (Å²) in [7, 11) is -3.90. The summed E-state index contributed by atoms with van der Waals surface area (Å²) in [5.41, 5.74) is 0. The van der Waals surface area contributed by atoms with E-state index in [0.29, 0.717) is 18.9 Å². The van der Waals surface area contributed by atoms with E-state index in [4.69, 9.17) is 4.55 Å². The predicted octanol–water partition coefficient (Wildman–Crippen LogP) is 1.96. The third-order valence-corrected chi connectivity index (χ3v) is 4.37. The highest BCUT2D eigenvalue weighted by atomic mass is 32.2. The number of hydrogen-bond acceptors (Lipinski definition) is 5. The van der Waals surface area contributed by atoms with Gasteiger partial charge in [0.2, 0.25) is 0 Å². The van der Waals surface area contributed by atoms with Crippen molar-refractivity contribution in [1.29, 1.82) is 0 Å². The van der Waals surface area contributed by atoms with E-state index in [1.54, 1.807) is 6.92 Å². The van der Waals surface area contributed by atoms with E-state index in [0.717, 1.165) is 51.9 Å². The van der Waals surface area contributed by atoms with E-state index in [2.05, 4.69) is 24.1 Å². The summed E-state index contributed by atoms with van der Waals surface area (Å²) in [5, 5.41) is 3.35. The lowest BCUT2D eigenvalue weighted by Gasteiger charge is -2.22. The predicted molar refractivity (Wildman–Crippen MR) is 94.3 cm³/mol. The van der Waals surface area contributed by atoms with Gasteiger partial charge in [-0.2, -0.15) is 8.42 Å². The van der Waals surface area contributed by atoms with Crippen LogP contribution in [0.3, 0.4) is 0 Å². The third-order valence-electron chi connectivity index (χ3n) is 3.68. The van der Waals surface area contributed by atoms with E-state index in [1.165, 1.54) is 0 Å². The molecule has 0 aromatic heterocycles. The first kappa shape index (κ1) is 22.5. The van der Waals surface area contributed by atoms with Crippen LogP contribution in [0, 0.1) is 5.92 Å². The highest BCUT2D eigenvalue weighted by Gasteiger charge is 2.11. The number of ketones is 1. The van der Waals surface area contributed by atoms with Crippen molar-refractivity contribution in [2.24, 2.45) is 5.92 Å². The molecule has 23 heavy (non-hydrogen) atoms.